The van der Waals surface area contributed by atoms with Crippen LogP contribution in [0.15, 0.2) is 47.5 Å². The second-order valence-electron chi connectivity index (χ2n) is 7.04. The molecule has 9 nitrogen and oxygen atoms in total. The zero-order valence-electron chi connectivity index (χ0n) is 17.1. The molecule has 0 aliphatic carbocycles. The zero-order chi connectivity index (χ0) is 21.6. The van der Waals surface area contributed by atoms with Gasteiger partial charge in [0.2, 0.25) is 12.8 Å². The maximum Gasteiger partial charge on any atom is 0.337 e. The van der Waals surface area contributed by atoms with Gasteiger partial charge in [0.05, 0.1) is 25.3 Å². The number of nitrogens with zero attached hydrogens (tertiary/aromatic N) is 1. The summed E-state index contributed by atoms with van der Waals surface area (Å²) in [6.07, 6.45) is 1.97. The van der Waals surface area contributed by atoms with Gasteiger partial charge in [0, 0.05) is 23.9 Å². The van der Waals surface area contributed by atoms with Crippen LogP contribution in [0.3, 0.4) is 0 Å². The largest absolute Gasteiger partial charge is 0.465 e. The van der Waals surface area contributed by atoms with Gasteiger partial charge in [0.1, 0.15) is 0 Å². The Hall–Kier alpha value is -3.59. The molecule has 1 amide bonds. The van der Waals surface area contributed by atoms with Gasteiger partial charge in [-0.2, -0.15) is 0 Å². The Morgan fingerprint density at radius 1 is 1.10 bits per heavy atom. The van der Waals surface area contributed by atoms with Crippen molar-refractivity contribution in [3.63, 3.8) is 0 Å². The van der Waals surface area contributed by atoms with E-state index in [1.165, 1.54) is 19.2 Å². The first-order valence-corrected chi connectivity index (χ1v) is 9.95. The molecular formula is C22H23N3O6. The molecule has 9 heteroatoms. The molecule has 2 heterocycles. The molecule has 2 aliphatic heterocycles. The van der Waals surface area contributed by atoms with Crippen molar-refractivity contribution in [2.45, 2.75) is 18.9 Å². The number of ether oxygens (including phenoxy) is 4. The summed E-state index contributed by atoms with van der Waals surface area (Å²) in [5.74, 6) is 0.744. The van der Waals surface area contributed by atoms with E-state index in [2.05, 4.69) is 20.4 Å². The Morgan fingerprint density at radius 3 is 2.61 bits per heavy atom. The first kappa shape index (κ1) is 20.7. The van der Waals surface area contributed by atoms with Crippen molar-refractivity contribution < 1.29 is 28.5 Å². The van der Waals surface area contributed by atoms with E-state index in [1.54, 1.807) is 24.3 Å². The molecule has 31 heavy (non-hydrogen) atoms. The molecule has 0 aromatic heterocycles. The lowest BCUT2D eigenvalue weighted by Crippen LogP contribution is -2.36. The van der Waals surface area contributed by atoms with Gasteiger partial charge < -0.3 is 24.3 Å². The number of hydrogen-bond donors (Lipinski definition) is 2. The number of fused-ring (bicyclic) bond motifs is 1. The van der Waals surface area contributed by atoms with Crippen LogP contribution in [0.1, 0.15) is 33.6 Å². The average Bonchev–Trinajstić information content (AvgIpc) is 3.48. The highest BCUT2D eigenvalue weighted by molar-refractivity contribution is 6.10. The van der Waals surface area contributed by atoms with E-state index in [9.17, 15) is 9.59 Å². The zero-order valence-corrected chi connectivity index (χ0v) is 17.1. The van der Waals surface area contributed by atoms with E-state index in [0.717, 1.165) is 19.4 Å². The number of carbonyl (C=O) groups is 2. The SMILES string of the molecule is COC(=O)c1ccc(C(=O)NC(=NC[C@H]2CCCO2)Nc2ccc3c(c2)OCO3)cc1. The standard InChI is InChI=1S/C22H23N3O6/c1-28-21(27)15-6-4-14(5-7-15)20(26)25-22(23-12-17-3-2-10-29-17)24-16-8-9-18-19(11-16)31-13-30-18/h4-9,11,17H,2-3,10,12-13H2,1H3,(H2,23,24,25,26)/t17-/m1/s1. The molecule has 1 fully saturated rings. The van der Waals surface area contributed by atoms with Gasteiger partial charge in [-0.15, -0.1) is 0 Å². The van der Waals surface area contributed by atoms with Crippen LogP contribution in [0.2, 0.25) is 0 Å². The van der Waals surface area contributed by atoms with Gasteiger partial charge >= 0.3 is 5.97 Å². The van der Waals surface area contributed by atoms with Gasteiger partial charge in [0.25, 0.3) is 5.91 Å². The fourth-order valence-corrected chi connectivity index (χ4v) is 3.26. The second-order valence-corrected chi connectivity index (χ2v) is 7.04. The van der Waals surface area contributed by atoms with Crippen LogP contribution in [0.4, 0.5) is 5.69 Å². The highest BCUT2D eigenvalue weighted by atomic mass is 16.7. The number of nitrogens with one attached hydrogen (secondary N) is 2. The van der Waals surface area contributed by atoms with Crippen LogP contribution in [0.5, 0.6) is 11.5 Å². The van der Waals surface area contributed by atoms with Crippen molar-refractivity contribution in [3.05, 3.63) is 53.6 Å². The van der Waals surface area contributed by atoms with Gasteiger partial charge in [-0.3, -0.25) is 10.1 Å². The van der Waals surface area contributed by atoms with Gasteiger partial charge in [0.15, 0.2) is 11.5 Å². The summed E-state index contributed by atoms with van der Waals surface area (Å²) in [6.45, 7) is 1.33. The number of guanidine groups is 1. The molecule has 0 radical (unpaired) electrons. The maximum atomic E-state index is 12.8. The van der Waals surface area contributed by atoms with Crippen molar-refractivity contribution in [2.75, 3.05) is 32.4 Å². The number of carbonyl (C=O) groups excluding carboxylic acids is 2. The number of aliphatic imine (C=N–C) groups is 1. The molecule has 0 bridgehead atoms. The van der Waals surface area contributed by atoms with E-state index in [-0.39, 0.29) is 24.8 Å². The number of methoxy groups -OCH3 is 1. The summed E-state index contributed by atoms with van der Waals surface area (Å²) >= 11 is 0. The van der Waals surface area contributed by atoms with Gasteiger partial charge in [-0.05, 0) is 49.2 Å². The second kappa shape index (κ2) is 9.48. The molecule has 0 spiro atoms. The third kappa shape index (κ3) is 5.13. The Balaban J connectivity index is 1.48. The van der Waals surface area contributed by atoms with E-state index < -0.39 is 5.97 Å². The summed E-state index contributed by atoms with van der Waals surface area (Å²) in [5, 5.41) is 5.92. The topological polar surface area (TPSA) is 107 Å². The molecule has 2 N–H and O–H groups in total. The molecule has 0 unspecified atom stereocenters. The Kier molecular flexibility index (Phi) is 6.32. The van der Waals surface area contributed by atoms with Crippen molar-refractivity contribution >= 4 is 23.5 Å². The number of amides is 1. The molecule has 0 saturated carbocycles. The highest BCUT2D eigenvalue weighted by Gasteiger charge is 2.18. The van der Waals surface area contributed by atoms with Crippen LogP contribution in [-0.2, 0) is 9.47 Å². The average molecular weight is 425 g/mol. The molecule has 4 rings (SSSR count). The quantitative estimate of drug-likeness (QED) is 0.431. The lowest BCUT2D eigenvalue weighted by molar-refractivity contribution is 0.0600. The van der Waals surface area contributed by atoms with Crippen molar-refractivity contribution in [1.82, 2.24) is 5.32 Å². The summed E-state index contributed by atoms with van der Waals surface area (Å²) in [5.41, 5.74) is 1.44. The molecule has 1 saturated heterocycles. The van der Waals surface area contributed by atoms with E-state index in [0.29, 0.717) is 34.9 Å². The van der Waals surface area contributed by atoms with Crippen LogP contribution < -0.4 is 20.1 Å². The minimum atomic E-state index is -0.463. The smallest absolute Gasteiger partial charge is 0.337 e. The molecule has 162 valence electrons. The van der Waals surface area contributed by atoms with Crippen molar-refractivity contribution in [1.29, 1.82) is 0 Å². The predicted octanol–water partition coefficient (Wildman–Crippen LogP) is 2.58. The Bertz CT molecular complexity index is 983. The molecule has 2 aliphatic rings. The lowest BCUT2D eigenvalue weighted by Gasteiger charge is -2.14. The van der Waals surface area contributed by atoms with Gasteiger partial charge in [-0.1, -0.05) is 0 Å². The van der Waals surface area contributed by atoms with Crippen molar-refractivity contribution in [2.24, 2.45) is 4.99 Å². The fourth-order valence-electron chi connectivity index (χ4n) is 3.26. The summed E-state index contributed by atoms with van der Waals surface area (Å²) in [4.78, 5) is 28.9. The van der Waals surface area contributed by atoms with E-state index >= 15 is 0 Å². The third-order valence-corrected chi connectivity index (χ3v) is 4.91. The van der Waals surface area contributed by atoms with Crippen LogP contribution in [0, 0.1) is 0 Å². The third-order valence-electron chi connectivity index (χ3n) is 4.91. The highest BCUT2D eigenvalue weighted by Crippen LogP contribution is 2.34. The van der Waals surface area contributed by atoms with E-state index in [4.69, 9.17) is 14.2 Å². The number of hydrogen-bond acceptors (Lipinski definition) is 7. The number of anilines is 1. The van der Waals surface area contributed by atoms with Crippen molar-refractivity contribution in [3.8, 4) is 11.5 Å². The summed E-state index contributed by atoms with van der Waals surface area (Å²) in [7, 11) is 1.31. The fraction of sp³-hybridized carbons (Fsp3) is 0.318. The molecular weight excluding hydrogens is 402 g/mol. The minimum Gasteiger partial charge on any atom is -0.465 e. The number of rotatable bonds is 5. The first-order chi connectivity index (χ1) is 15.1. The number of benzene rings is 2. The van der Waals surface area contributed by atoms with Gasteiger partial charge in [-0.25, -0.2) is 9.79 Å². The summed E-state index contributed by atoms with van der Waals surface area (Å²) in [6, 6.07) is 11.6. The normalized spacial score (nSPS) is 17.3. The number of esters is 1. The molecule has 2 aromatic rings. The van der Waals surface area contributed by atoms with Crippen LogP contribution in [-0.4, -0.2) is 51.0 Å². The minimum absolute atomic E-state index is 0.0322. The maximum absolute atomic E-state index is 12.8. The summed E-state index contributed by atoms with van der Waals surface area (Å²) < 4.78 is 21.0. The lowest BCUT2D eigenvalue weighted by atomic mass is 10.1. The van der Waals surface area contributed by atoms with Crippen LogP contribution >= 0.6 is 0 Å². The van der Waals surface area contributed by atoms with Crippen LogP contribution in [0.25, 0.3) is 0 Å². The molecule has 2 aromatic carbocycles. The first-order valence-electron chi connectivity index (χ1n) is 9.95. The molecule has 1 atom stereocenters. The Morgan fingerprint density at radius 2 is 1.87 bits per heavy atom. The predicted molar refractivity (Wildman–Crippen MR) is 113 cm³/mol. The Labute approximate surface area is 179 Å². The monoisotopic (exact) mass is 425 g/mol. The van der Waals surface area contributed by atoms with E-state index in [1.807, 2.05) is 6.07 Å².